The van der Waals surface area contributed by atoms with Gasteiger partial charge in [-0.1, -0.05) is 37.5 Å². The average molecular weight is 345 g/mol. The molecule has 5 nitrogen and oxygen atoms in total. The summed E-state index contributed by atoms with van der Waals surface area (Å²) in [5.74, 6) is 0.493. The number of hydrogen-bond donors (Lipinski definition) is 1. The summed E-state index contributed by atoms with van der Waals surface area (Å²) in [5, 5.41) is 8.74. The van der Waals surface area contributed by atoms with E-state index in [-0.39, 0.29) is 11.8 Å². The lowest BCUT2D eigenvalue weighted by Gasteiger charge is -2.24. The first-order chi connectivity index (χ1) is 12.1. The number of nitrogens with zero attached hydrogens (tertiary/aromatic N) is 1. The summed E-state index contributed by atoms with van der Waals surface area (Å²) in [6.45, 7) is 1.81. The maximum absolute atomic E-state index is 11.8. The van der Waals surface area contributed by atoms with E-state index < -0.39 is 12.4 Å². The second-order valence-electron chi connectivity index (χ2n) is 7.25. The van der Waals surface area contributed by atoms with Gasteiger partial charge in [0.1, 0.15) is 12.2 Å². The molecule has 2 fully saturated rings. The van der Waals surface area contributed by atoms with Crippen molar-refractivity contribution in [3.05, 3.63) is 29.8 Å². The smallest absolute Gasteiger partial charge is 0.312 e. The molecule has 1 aromatic carbocycles. The molecule has 1 unspecified atom stereocenters. The van der Waals surface area contributed by atoms with Gasteiger partial charge in [0, 0.05) is 19.0 Å². The molecule has 0 radical (unpaired) electrons. The van der Waals surface area contributed by atoms with Crippen molar-refractivity contribution in [3.63, 3.8) is 0 Å². The molecule has 2 aliphatic rings. The highest BCUT2D eigenvalue weighted by Gasteiger charge is 2.28. The highest BCUT2D eigenvalue weighted by Crippen LogP contribution is 2.37. The van der Waals surface area contributed by atoms with Crippen LogP contribution in [0.2, 0.25) is 0 Å². The summed E-state index contributed by atoms with van der Waals surface area (Å²) in [6, 6.07) is 8.33. The van der Waals surface area contributed by atoms with Crippen LogP contribution in [0.4, 0.5) is 0 Å². The highest BCUT2D eigenvalue weighted by molar-refractivity contribution is 5.93. The summed E-state index contributed by atoms with van der Waals surface area (Å²) in [7, 11) is 0. The van der Waals surface area contributed by atoms with Crippen LogP contribution in [0.1, 0.15) is 56.4 Å². The Labute approximate surface area is 149 Å². The van der Waals surface area contributed by atoms with E-state index in [9.17, 15) is 9.59 Å². The van der Waals surface area contributed by atoms with Gasteiger partial charge in [0.05, 0.1) is 6.61 Å². The van der Waals surface area contributed by atoms with Crippen LogP contribution in [0.25, 0.3) is 0 Å². The first-order valence-corrected chi connectivity index (χ1v) is 9.35. The van der Waals surface area contributed by atoms with E-state index in [4.69, 9.17) is 9.84 Å². The Balaban J connectivity index is 1.54. The molecular formula is C20H27NO4. The zero-order valence-electron chi connectivity index (χ0n) is 14.7. The molecule has 1 saturated heterocycles. The van der Waals surface area contributed by atoms with Gasteiger partial charge in [-0.2, -0.15) is 0 Å². The number of rotatable bonds is 6. The van der Waals surface area contributed by atoms with Crippen molar-refractivity contribution >= 4 is 11.9 Å². The fraction of sp³-hybridized carbons (Fsp3) is 0.600. The van der Waals surface area contributed by atoms with Crippen molar-refractivity contribution in [2.24, 2.45) is 5.92 Å². The van der Waals surface area contributed by atoms with Gasteiger partial charge in [0.25, 0.3) is 0 Å². The highest BCUT2D eigenvalue weighted by atomic mass is 16.5. The van der Waals surface area contributed by atoms with Crippen LogP contribution < -0.4 is 4.74 Å². The summed E-state index contributed by atoms with van der Waals surface area (Å²) >= 11 is 0. The minimum absolute atomic E-state index is 0.275. The first-order valence-electron chi connectivity index (χ1n) is 9.35. The number of aliphatic carboxylic acids is 1. The van der Waals surface area contributed by atoms with Gasteiger partial charge in [-0.05, 0) is 36.8 Å². The third kappa shape index (κ3) is 4.74. The Morgan fingerprint density at radius 2 is 1.88 bits per heavy atom. The van der Waals surface area contributed by atoms with E-state index in [2.05, 4.69) is 12.1 Å². The van der Waals surface area contributed by atoms with Crippen molar-refractivity contribution in [1.82, 2.24) is 4.90 Å². The maximum Gasteiger partial charge on any atom is 0.312 e. The largest absolute Gasteiger partial charge is 0.493 e. The van der Waals surface area contributed by atoms with E-state index >= 15 is 0 Å². The lowest BCUT2D eigenvalue weighted by Crippen LogP contribution is -2.31. The number of ether oxygens (including phenoxy) is 1. The Bertz CT molecular complexity index is 609. The van der Waals surface area contributed by atoms with Crippen molar-refractivity contribution in [2.45, 2.75) is 50.9 Å². The summed E-state index contributed by atoms with van der Waals surface area (Å²) in [5.41, 5.74) is 1.32. The van der Waals surface area contributed by atoms with Crippen molar-refractivity contribution < 1.29 is 19.4 Å². The lowest BCUT2D eigenvalue weighted by molar-refractivity contribution is -0.143. The van der Waals surface area contributed by atoms with E-state index in [1.807, 2.05) is 12.1 Å². The molecule has 25 heavy (non-hydrogen) atoms. The van der Waals surface area contributed by atoms with Gasteiger partial charge in [-0.3, -0.25) is 9.59 Å². The number of carbonyl (C=O) groups excluding carboxylic acids is 1. The Morgan fingerprint density at radius 1 is 1.12 bits per heavy atom. The van der Waals surface area contributed by atoms with Crippen molar-refractivity contribution in [1.29, 1.82) is 0 Å². The molecule has 0 aromatic heterocycles. The molecule has 1 N–H and O–H groups in total. The van der Waals surface area contributed by atoms with Gasteiger partial charge in [-0.15, -0.1) is 0 Å². The predicted octanol–water partition coefficient (Wildman–Crippen LogP) is 3.44. The number of para-hydroxylation sites is 1. The Hall–Kier alpha value is -2.04. The zero-order chi connectivity index (χ0) is 17.6. The zero-order valence-corrected chi connectivity index (χ0v) is 14.7. The Kier molecular flexibility index (Phi) is 5.95. The Morgan fingerprint density at radius 3 is 2.64 bits per heavy atom. The molecule has 1 amide bonds. The number of amides is 1. The molecule has 0 bridgehead atoms. The molecule has 5 heteroatoms. The van der Waals surface area contributed by atoms with Gasteiger partial charge < -0.3 is 14.7 Å². The number of carboxylic acids is 1. The van der Waals surface area contributed by atoms with E-state index in [1.54, 1.807) is 4.90 Å². The molecule has 3 rings (SSSR count). The quantitative estimate of drug-likeness (QED) is 0.802. The minimum Gasteiger partial charge on any atom is -0.493 e. The van der Waals surface area contributed by atoms with E-state index in [0.29, 0.717) is 25.6 Å². The summed E-state index contributed by atoms with van der Waals surface area (Å²) in [4.78, 5) is 24.2. The van der Waals surface area contributed by atoms with Crippen molar-refractivity contribution in [3.8, 4) is 5.75 Å². The fourth-order valence-corrected chi connectivity index (χ4v) is 4.01. The van der Waals surface area contributed by atoms with Crippen LogP contribution in [0.5, 0.6) is 5.75 Å². The number of benzene rings is 1. The van der Waals surface area contributed by atoms with Crippen LogP contribution >= 0.6 is 0 Å². The van der Waals surface area contributed by atoms with Crippen LogP contribution in [0.15, 0.2) is 24.3 Å². The average Bonchev–Trinajstić information content (AvgIpc) is 3.10. The van der Waals surface area contributed by atoms with Gasteiger partial charge in [0.2, 0.25) is 5.91 Å². The summed E-state index contributed by atoms with van der Waals surface area (Å²) < 4.78 is 6.13. The molecule has 1 aliphatic heterocycles. The minimum atomic E-state index is -1.06. The SMILES string of the molecule is O=C(O)CC(=O)N1CCC(COc2ccccc2C2CCCCC2)C1. The van der Waals surface area contributed by atoms with E-state index in [1.165, 1.54) is 37.7 Å². The second-order valence-corrected chi connectivity index (χ2v) is 7.25. The fourth-order valence-electron chi connectivity index (χ4n) is 4.01. The normalized spacial score (nSPS) is 21.3. The standard InChI is InChI=1S/C20H27NO4/c22-19(12-20(23)24)21-11-10-15(13-21)14-25-18-9-5-4-8-17(18)16-6-2-1-3-7-16/h4-5,8-9,15-16H,1-3,6-7,10-14H2,(H,23,24). The van der Waals surface area contributed by atoms with Crippen LogP contribution in [-0.4, -0.2) is 41.6 Å². The van der Waals surface area contributed by atoms with Gasteiger partial charge in [0.15, 0.2) is 0 Å². The van der Waals surface area contributed by atoms with Gasteiger partial charge >= 0.3 is 5.97 Å². The van der Waals surface area contributed by atoms with Gasteiger partial charge in [-0.25, -0.2) is 0 Å². The van der Waals surface area contributed by atoms with Crippen molar-refractivity contribution in [2.75, 3.05) is 19.7 Å². The van der Waals surface area contributed by atoms with E-state index in [0.717, 1.165) is 12.2 Å². The number of carbonyl (C=O) groups is 2. The molecular weight excluding hydrogens is 318 g/mol. The third-order valence-corrected chi connectivity index (χ3v) is 5.38. The molecule has 1 aliphatic carbocycles. The van der Waals surface area contributed by atoms with Crippen LogP contribution in [0.3, 0.4) is 0 Å². The molecule has 1 aromatic rings. The molecule has 1 atom stereocenters. The van der Waals surface area contributed by atoms with Crippen LogP contribution in [0, 0.1) is 5.92 Å². The molecule has 0 spiro atoms. The summed E-state index contributed by atoms with van der Waals surface area (Å²) in [6.07, 6.45) is 6.85. The number of hydrogen-bond acceptors (Lipinski definition) is 3. The first kappa shape index (κ1) is 17.8. The predicted molar refractivity (Wildman–Crippen MR) is 94.7 cm³/mol. The lowest BCUT2D eigenvalue weighted by atomic mass is 9.84. The number of likely N-dealkylation sites (tertiary alicyclic amines) is 1. The van der Waals surface area contributed by atoms with Crippen LogP contribution in [-0.2, 0) is 9.59 Å². The third-order valence-electron chi connectivity index (χ3n) is 5.38. The number of carboxylic acid groups (broad SMARTS) is 1. The monoisotopic (exact) mass is 345 g/mol. The molecule has 136 valence electrons. The molecule has 1 saturated carbocycles. The topological polar surface area (TPSA) is 66.8 Å². The molecule has 1 heterocycles. The second kappa shape index (κ2) is 8.37. The maximum atomic E-state index is 11.8.